The molecule has 4 nitrogen and oxygen atoms in total. The first kappa shape index (κ1) is 11.4. The number of hydrogen-bond acceptors (Lipinski definition) is 4. The van der Waals surface area contributed by atoms with E-state index in [2.05, 4.69) is 10.3 Å². The Labute approximate surface area is 77.4 Å². The molecule has 0 heterocycles. The van der Waals surface area contributed by atoms with Gasteiger partial charge < -0.3 is 5.32 Å². The zero-order valence-corrected chi connectivity index (χ0v) is 8.73. The fourth-order valence-electron chi connectivity index (χ4n) is 0.511. The predicted molar refractivity (Wildman–Crippen MR) is 53.3 cm³/mol. The van der Waals surface area contributed by atoms with Crippen molar-refractivity contribution in [2.24, 2.45) is 4.99 Å². The molecule has 0 saturated heterocycles. The van der Waals surface area contributed by atoms with Crippen molar-refractivity contribution in [2.45, 2.75) is 6.92 Å². The van der Waals surface area contributed by atoms with Crippen molar-refractivity contribution in [1.29, 1.82) is 0 Å². The molecule has 0 aromatic heterocycles. The lowest BCUT2D eigenvalue weighted by Gasteiger charge is -2.07. The lowest BCUT2D eigenvalue weighted by molar-refractivity contribution is -0.117. The first-order valence-corrected chi connectivity index (χ1v) is 4.79. The van der Waals surface area contributed by atoms with Crippen LogP contribution < -0.4 is 5.32 Å². The summed E-state index contributed by atoms with van der Waals surface area (Å²) in [6.45, 7) is 2.07. The molecular formula is C7H15N3OS. The molecule has 0 aromatic carbocycles. The molecule has 0 spiro atoms. The molecule has 0 aromatic rings. The first-order chi connectivity index (χ1) is 5.56. The number of nitrogens with zero attached hydrogens (tertiary/aromatic N) is 2. The highest BCUT2D eigenvalue weighted by atomic mass is 32.2. The van der Waals surface area contributed by atoms with Gasteiger partial charge >= 0.3 is 0 Å². The van der Waals surface area contributed by atoms with Gasteiger partial charge in [-0.25, -0.2) is 4.99 Å². The maximum absolute atomic E-state index is 10.6. The summed E-state index contributed by atoms with van der Waals surface area (Å²) in [5.74, 6) is -0.0816. The van der Waals surface area contributed by atoms with Crippen LogP contribution in [0.2, 0.25) is 0 Å². The van der Waals surface area contributed by atoms with Crippen LogP contribution in [0.3, 0.4) is 0 Å². The third-order valence-corrected chi connectivity index (χ3v) is 1.59. The fourth-order valence-corrected chi connectivity index (χ4v) is 0.944. The Morgan fingerprint density at radius 1 is 1.58 bits per heavy atom. The average Bonchev–Trinajstić information content (AvgIpc) is 1.97. The van der Waals surface area contributed by atoms with Gasteiger partial charge in [-0.1, -0.05) is 11.8 Å². The molecule has 0 bridgehead atoms. The summed E-state index contributed by atoms with van der Waals surface area (Å²) in [6, 6.07) is 0. The summed E-state index contributed by atoms with van der Waals surface area (Å²) in [4.78, 5) is 16.7. The van der Waals surface area contributed by atoms with Crippen LogP contribution in [0.25, 0.3) is 0 Å². The van der Waals surface area contributed by atoms with Crippen molar-refractivity contribution < 1.29 is 4.79 Å². The maximum Gasteiger partial charge on any atom is 0.222 e. The van der Waals surface area contributed by atoms with Crippen molar-refractivity contribution in [3.63, 3.8) is 0 Å². The minimum atomic E-state index is -0.0816. The molecule has 0 fully saturated rings. The number of hydrogen-bond donors (Lipinski definition) is 1. The Kier molecular flexibility index (Phi) is 5.74. The second kappa shape index (κ2) is 6.02. The number of rotatable bonds is 2. The number of carbonyl (C=O) groups is 1. The van der Waals surface area contributed by atoms with Gasteiger partial charge in [-0.2, -0.15) is 0 Å². The predicted octanol–water partition coefficient (Wildman–Crippen LogP) is 0.361. The van der Waals surface area contributed by atoms with Gasteiger partial charge in [0.05, 0.1) is 6.67 Å². The van der Waals surface area contributed by atoms with Gasteiger partial charge in [-0.3, -0.25) is 9.69 Å². The van der Waals surface area contributed by atoms with Gasteiger partial charge in [0.1, 0.15) is 0 Å². The molecule has 0 aliphatic rings. The molecule has 0 atom stereocenters. The number of carbonyl (C=O) groups excluding carboxylic acids is 1. The van der Waals surface area contributed by atoms with Crippen molar-refractivity contribution >= 4 is 22.8 Å². The van der Waals surface area contributed by atoms with E-state index in [0.717, 1.165) is 0 Å². The average molecular weight is 189 g/mol. The van der Waals surface area contributed by atoms with E-state index in [0.29, 0.717) is 11.8 Å². The van der Waals surface area contributed by atoms with Crippen LogP contribution in [-0.4, -0.2) is 43.0 Å². The van der Waals surface area contributed by atoms with Crippen LogP contribution in [-0.2, 0) is 4.79 Å². The quantitative estimate of drug-likeness (QED) is 0.504. The van der Waals surface area contributed by atoms with E-state index in [1.165, 1.54) is 18.7 Å². The van der Waals surface area contributed by atoms with E-state index in [1.807, 2.05) is 25.3 Å². The molecule has 12 heavy (non-hydrogen) atoms. The van der Waals surface area contributed by atoms with E-state index in [1.54, 1.807) is 0 Å². The Bertz CT molecular complexity index is 179. The van der Waals surface area contributed by atoms with E-state index < -0.39 is 0 Å². The number of nitrogens with one attached hydrogen (secondary N) is 1. The third kappa shape index (κ3) is 6.18. The van der Waals surface area contributed by atoms with Crippen LogP contribution in [0, 0.1) is 0 Å². The standard InChI is InChI=1S/C7H15N3OS/c1-6(11)9-7(12-4)8-5-10(2)3/h5H2,1-4H3,(H,8,9,11). The highest BCUT2D eigenvalue weighted by Crippen LogP contribution is 1.94. The maximum atomic E-state index is 10.6. The summed E-state index contributed by atoms with van der Waals surface area (Å²) < 4.78 is 0. The summed E-state index contributed by atoms with van der Waals surface area (Å²) in [6.07, 6.45) is 1.88. The van der Waals surface area contributed by atoms with Crippen molar-refractivity contribution in [2.75, 3.05) is 27.0 Å². The topological polar surface area (TPSA) is 44.7 Å². The van der Waals surface area contributed by atoms with Crippen LogP contribution in [0.5, 0.6) is 0 Å². The highest BCUT2D eigenvalue weighted by molar-refractivity contribution is 8.13. The zero-order valence-electron chi connectivity index (χ0n) is 7.92. The lowest BCUT2D eigenvalue weighted by Crippen LogP contribution is -2.26. The van der Waals surface area contributed by atoms with Crippen molar-refractivity contribution in [3.05, 3.63) is 0 Å². The van der Waals surface area contributed by atoms with Gasteiger partial charge in [0.15, 0.2) is 5.17 Å². The lowest BCUT2D eigenvalue weighted by atomic mass is 10.7. The molecule has 0 aliphatic heterocycles. The SMILES string of the molecule is CSC(=NCN(C)C)NC(C)=O. The van der Waals surface area contributed by atoms with Gasteiger partial charge in [0, 0.05) is 6.92 Å². The second-order valence-corrected chi connectivity index (χ2v) is 3.36. The zero-order chi connectivity index (χ0) is 9.56. The summed E-state index contributed by atoms with van der Waals surface area (Å²) >= 11 is 1.43. The first-order valence-electron chi connectivity index (χ1n) is 3.57. The molecule has 5 heteroatoms. The molecule has 0 saturated carbocycles. The van der Waals surface area contributed by atoms with E-state index in [-0.39, 0.29) is 5.91 Å². The molecule has 1 N–H and O–H groups in total. The Morgan fingerprint density at radius 3 is 2.50 bits per heavy atom. The Morgan fingerprint density at radius 2 is 2.17 bits per heavy atom. The number of amidine groups is 1. The molecule has 0 unspecified atom stereocenters. The van der Waals surface area contributed by atoms with E-state index >= 15 is 0 Å². The van der Waals surface area contributed by atoms with Crippen LogP contribution in [0.4, 0.5) is 0 Å². The van der Waals surface area contributed by atoms with E-state index in [9.17, 15) is 4.79 Å². The second-order valence-electron chi connectivity index (χ2n) is 2.57. The number of thioether (sulfide) groups is 1. The monoisotopic (exact) mass is 189 g/mol. The minimum Gasteiger partial charge on any atom is -0.306 e. The smallest absolute Gasteiger partial charge is 0.222 e. The Hall–Kier alpha value is -0.550. The van der Waals surface area contributed by atoms with Crippen LogP contribution in [0.1, 0.15) is 6.92 Å². The fraction of sp³-hybridized carbons (Fsp3) is 0.714. The molecule has 0 rings (SSSR count). The third-order valence-electron chi connectivity index (χ3n) is 0.973. The summed E-state index contributed by atoms with van der Waals surface area (Å²) in [5, 5.41) is 3.30. The molecule has 0 aliphatic carbocycles. The van der Waals surface area contributed by atoms with Gasteiger partial charge in [0.25, 0.3) is 0 Å². The molecule has 0 radical (unpaired) electrons. The van der Waals surface area contributed by atoms with E-state index in [4.69, 9.17) is 0 Å². The van der Waals surface area contributed by atoms with Gasteiger partial charge in [0.2, 0.25) is 5.91 Å². The van der Waals surface area contributed by atoms with Crippen molar-refractivity contribution in [1.82, 2.24) is 10.2 Å². The summed E-state index contributed by atoms with van der Waals surface area (Å²) in [5.41, 5.74) is 0. The van der Waals surface area contributed by atoms with Crippen LogP contribution >= 0.6 is 11.8 Å². The van der Waals surface area contributed by atoms with Crippen molar-refractivity contribution in [3.8, 4) is 0 Å². The highest BCUT2D eigenvalue weighted by Gasteiger charge is 1.98. The number of aliphatic imine (C=N–C) groups is 1. The molecule has 70 valence electrons. The Balaban J connectivity index is 3.95. The normalized spacial score (nSPS) is 11.9. The molecular weight excluding hydrogens is 174 g/mol. The largest absolute Gasteiger partial charge is 0.306 e. The minimum absolute atomic E-state index is 0.0816. The summed E-state index contributed by atoms with van der Waals surface area (Å²) in [7, 11) is 3.85. The molecule has 1 amide bonds. The number of amides is 1. The van der Waals surface area contributed by atoms with Gasteiger partial charge in [-0.05, 0) is 20.4 Å². The van der Waals surface area contributed by atoms with Crippen LogP contribution in [0.15, 0.2) is 4.99 Å². The van der Waals surface area contributed by atoms with Gasteiger partial charge in [-0.15, -0.1) is 0 Å².